The van der Waals surface area contributed by atoms with Gasteiger partial charge in [-0.3, -0.25) is 0 Å². The van der Waals surface area contributed by atoms with E-state index in [4.69, 9.17) is 23.4 Å². The van der Waals surface area contributed by atoms with Gasteiger partial charge in [-0.05, 0) is 12.1 Å². The molecule has 0 aliphatic carbocycles. The first-order valence-electron chi connectivity index (χ1n) is 6.05. The van der Waals surface area contributed by atoms with Crippen LogP contribution in [0.3, 0.4) is 0 Å². The van der Waals surface area contributed by atoms with Gasteiger partial charge in [0.2, 0.25) is 6.29 Å². The van der Waals surface area contributed by atoms with E-state index in [1.54, 1.807) is 12.1 Å². The van der Waals surface area contributed by atoms with Crippen molar-refractivity contribution in [2.75, 3.05) is 13.7 Å². The minimum absolute atomic E-state index is 0.222. The largest absolute Gasteiger partial charge is 0.464 e. The Hall–Kier alpha value is -0.960. The molecule has 0 saturated carbocycles. The first kappa shape index (κ1) is 13.0. The lowest BCUT2D eigenvalue weighted by Crippen LogP contribution is -2.62. The zero-order valence-corrected chi connectivity index (χ0v) is 10.3. The van der Waals surface area contributed by atoms with Crippen molar-refractivity contribution >= 4 is 0 Å². The lowest BCUT2D eigenvalue weighted by atomic mass is 9.98. The van der Waals surface area contributed by atoms with Crippen LogP contribution in [0.4, 0.5) is 0 Å². The molecule has 3 heterocycles. The maximum Gasteiger partial charge on any atom is 0.217 e. The molecular formula is C12H16O7. The van der Waals surface area contributed by atoms with Crippen LogP contribution in [0.1, 0.15) is 12.1 Å². The summed E-state index contributed by atoms with van der Waals surface area (Å²) in [7, 11) is 1.40. The minimum atomic E-state index is -1.17. The highest BCUT2D eigenvalue weighted by Gasteiger charge is 2.49. The highest BCUT2D eigenvalue weighted by Crippen LogP contribution is 2.34. The van der Waals surface area contributed by atoms with Crippen molar-refractivity contribution in [2.24, 2.45) is 0 Å². The number of fused-ring (bicyclic) bond motifs is 1. The monoisotopic (exact) mass is 272 g/mol. The molecule has 2 saturated heterocycles. The zero-order valence-electron chi connectivity index (χ0n) is 10.3. The van der Waals surface area contributed by atoms with Crippen molar-refractivity contribution in [3.8, 4) is 0 Å². The second kappa shape index (κ2) is 5.20. The molecule has 1 unspecified atom stereocenters. The van der Waals surface area contributed by atoms with E-state index >= 15 is 0 Å². The summed E-state index contributed by atoms with van der Waals surface area (Å²) in [6.07, 6.45) is -3.53. The van der Waals surface area contributed by atoms with Crippen LogP contribution < -0.4 is 0 Å². The Morgan fingerprint density at radius 3 is 2.79 bits per heavy atom. The number of hydrogen-bond donors (Lipinski definition) is 2. The molecule has 7 heteroatoms. The van der Waals surface area contributed by atoms with E-state index in [0.29, 0.717) is 5.76 Å². The van der Waals surface area contributed by atoms with Crippen molar-refractivity contribution in [2.45, 2.75) is 37.0 Å². The fourth-order valence-electron chi connectivity index (χ4n) is 2.34. The molecule has 2 aliphatic rings. The van der Waals surface area contributed by atoms with Crippen molar-refractivity contribution in [3.63, 3.8) is 0 Å². The predicted molar refractivity (Wildman–Crippen MR) is 60.0 cm³/mol. The highest BCUT2D eigenvalue weighted by atomic mass is 16.8. The lowest BCUT2D eigenvalue weighted by molar-refractivity contribution is -0.360. The smallest absolute Gasteiger partial charge is 0.217 e. The Labute approximate surface area is 109 Å². The Kier molecular flexibility index (Phi) is 3.57. The van der Waals surface area contributed by atoms with Crippen LogP contribution in [-0.4, -0.2) is 54.6 Å². The van der Waals surface area contributed by atoms with E-state index in [1.807, 2.05) is 0 Å². The van der Waals surface area contributed by atoms with E-state index < -0.39 is 37.0 Å². The molecule has 0 bridgehead atoms. The summed E-state index contributed by atoms with van der Waals surface area (Å²) in [6, 6.07) is 3.44. The van der Waals surface area contributed by atoms with E-state index in [0.717, 1.165) is 0 Å². The molecule has 6 atom stereocenters. The van der Waals surface area contributed by atoms with Gasteiger partial charge < -0.3 is 33.6 Å². The number of ether oxygens (including phenoxy) is 4. The molecule has 3 rings (SSSR count). The third kappa shape index (κ3) is 2.29. The molecule has 106 valence electrons. The Morgan fingerprint density at radius 1 is 1.26 bits per heavy atom. The first-order chi connectivity index (χ1) is 9.20. The number of methoxy groups -OCH3 is 1. The molecule has 2 fully saturated rings. The van der Waals surface area contributed by atoms with E-state index in [9.17, 15) is 10.2 Å². The van der Waals surface area contributed by atoms with Gasteiger partial charge in [0, 0.05) is 7.11 Å². The average Bonchev–Trinajstić information content (AvgIpc) is 2.96. The zero-order chi connectivity index (χ0) is 13.4. The number of aliphatic hydroxyl groups excluding tert-OH is 2. The second-order valence-corrected chi connectivity index (χ2v) is 4.54. The van der Waals surface area contributed by atoms with E-state index in [-0.39, 0.29) is 6.61 Å². The number of rotatable bonds is 2. The van der Waals surface area contributed by atoms with Crippen LogP contribution in [0, 0.1) is 0 Å². The van der Waals surface area contributed by atoms with Gasteiger partial charge in [0.15, 0.2) is 12.1 Å². The fourth-order valence-corrected chi connectivity index (χ4v) is 2.34. The van der Waals surface area contributed by atoms with Crippen LogP contribution in [0.25, 0.3) is 0 Å². The second-order valence-electron chi connectivity index (χ2n) is 4.54. The molecule has 0 radical (unpaired) electrons. The number of furan rings is 1. The summed E-state index contributed by atoms with van der Waals surface area (Å²) >= 11 is 0. The molecule has 7 nitrogen and oxygen atoms in total. The molecule has 2 N–H and O–H groups in total. The van der Waals surface area contributed by atoms with Gasteiger partial charge in [0.05, 0.1) is 12.9 Å². The molecule has 1 aromatic rings. The van der Waals surface area contributed by atoms with Crippen LogP contribution in [0.5, 0.6) is 0 Å². The summed E-state index contributed by atoms with van der Waals surface area (Å²) < 4.78 is 26.7. The van der Waals surface area contributed by atoms with Crippen molar-refractivity contribution in [3.05, 3.63) is 24.2 Å². The summed E-state index contributed by atoms with van der Waals surface area (Å²) in [4.78, 5) is 0. The maximum absolute atomic E-state index is 10.1. The van der Waals surface area contributed by atoms with Gasteiger partial charge in [-0.1, -0.05) is 0 Å². The number of aliphatic hydroxyl groups is 2. The summed E-state index contributed by atoms with van der Waals surface area (Å²) in [6.45, 7) is 0.222. The molecule has 0 spiro atoms. The minimum Gasteiger partial charge on any atom is -0.464 e. The van der Waals surface area contributed by atoms with Crippen LogP contribution in [0.2, 0.25) is 0 Å². The topological polar surface area (TPSA) is 90.5 Å². The fraction of sp³-hybridized carbons (Fsp3) is 0.667. The predicted octanol–water partition coefficient (Wildman–Crippen LogP) is -0.213. The van der Waals surface area contributed by atoms with E-state index in [2.05, 4.69) is 0 Å². The van der Waals surface area contributed by atoms with Gasteiger partial charge >= 0.3 is 0 Å². The van der Waals surface area contributed by atoms with Crippen LogP contribution in [0.15, 0.2) is 22.8 Å². The molecule has 0 amide bonds. The molecule has 0 aromatic carbocycles. The average molecular weight is 272 g/mol. The number of hydrogen-bond acceptors (Lipinski definition) is 7. The summed E-state index contributed by atoms with van der Waals surface area (Å²) in [5.74, 6) is 0.508. The third-order valence-electron chi connectivity index (χ3n) is 3.34. The molecular weight excluding hydrogens is 256 g/mol. The van der Waals surface area contributed by atoms with Crippen molar-refractivity contribution in [1.82, 2.24) is 0 Å². The van der Waals surface area contributed by atoms with Crippen LogP contribution in [-0.2, 0) is 18.9 Å². The van der Waals surface area contributed by atoms with Gasteiger partial charge in [0.1, 0.15) is 24.4 Å². The van der Waals surface area contributed by atoms with Gasteiger partial charge in [-0.2, -0.15) is 0 Å². The standard InChI is InChI=1S/C12H16O7/c1-15-12-9(14)8(13)10-7(18-12)5-17-11(19-10)6-3-2-4-16-6/h2-4,7-14H,5H2,1H3/t7-,8+,9-,10+,11?,12-/m0/s1. The SMILES string of the molecule is CO[C@H]1O[C@H]2COC(c3ccco3)O[C@H]2[C@H](O)[C@@H]1O. The van der Waals surface area contributed by atoms with Gasteiger partial charge in [0.25, 0.3) is 0 Å². The van der Waals surface area contributed by atoms with Crippen molar-refractivity contribution in [1.29, 1.82) is 0 Å². The van der Waals surface area contributed by atoms with Crippen LogP contribution >= 0.6 is 0 Å². The molecule has 19 heavy (non-hydrogen) atoms. The Balaban J connectivity index is 1.73. The Morgan fingerprint density at radius 2 is 2.11 bits per heavy atom. The lowest BCUT2D eigenvalue weighted by Gasteiger charge is -2.45. The third-order valence-corrected chi connectivity index (χ3v) is 3.34. The van der Waals surface area contributed by atoms with Gasteiger partial charge in [-0.15, -0.1) is 0 Å². The highest BCUT2D eigenvalue weighted by molar-refractivity contribution is 5.02. The van der Waals surface area contributed by atoms with Gasteiger partial charge in [-0.25, -0.2) is 0 Å². The van der Waals surface area contributed by atoms with E-state index in [1.165, 1.54) is 13.4 Å². The quantitative estimate of drug-likeness (QED) is 0.769. The first-order valence-corrected chi connectivity index (χ1v) is 6.05. The Bertz CT molecular complexity index is 404. The molecule has 1 aromatic heterocycles. The maximum atomic E-state index is 10.1. The van der Waals surface area contributed by atoms with Crippen molar-refractivity contribution < 1.29 is 33.6 Å². The molecule has 2 aliphatic heterocycles. The normalized spacial score (nSPS) is 42.9. The summed E-state index contributed by atoms with van der Waals surface area (Å²) in [5, 5.41) is 19.9. The summed E-state index contributed by atoms with van der Waals surface area (Å²) in [5.41, 5.74) is 0.